The average molecular weight is 469 g/mol. The van der Waals surface area contributed by atoms with Crippen molar-refractivity contribution >= 4 is 32.4 Å². The molecule has 3 aromatic rings. The number of hydrogen-bond donors (Lipinski definition) is 0. The second-order valence-corrected chi connectivity index (χ2v) is 10.8. The molecule has 3 heterocycles. The summed E-state index contributed by atoms with van der Waals surface area (Å²) in [6.07, 6.45) is 2.90. The van der Waals surface area contributed by atoms with Crippen LogP contribution in [0.15, 0.2) is 59.5 Å². The highest BCUT2D eigenvalue weighted by Crippen LogP contribution is 2.28. The van der Waals surface area contributed by atoms with Gasteiger partial charge in [0.2, 0.25) is 10.0 Å². The Kier molecular flexibility index (Phi) is 5.97. The van der Waals surface area contributed by atoms with E-state index in [0.717, 1.165) is 67.8 Å². The third-order valence-electron chi connectivity index (χ3n) is 6.79. The molecule has 1 aromatic heterocycles. The lowest BCUT2D eigenvalue weighted by Gasteiger charge is -2.36. The molecule has 1 unspecified atom stereocenters. The van der Waals surface area contributed by atoms with E-state index in [2.05, 4.69) is 9.80 Å². The van der Waals surface area contributed by atoms with Gasteiger partial charge >= 0.3 is 0 Å². The number of piperazine rings is 1. The van der Waals surface area contributed by atoms with Crippen molar-refractivity contribution in [2.45, 2.75) is 37.1 Å². The number of halogens is 1. The number of fused-ring (bicyclic) bond motifs is 1. The number of piperidine rings is 1. The summed E-state index contributed by atoms with van der Waals surface area (Å²) >= 11 is 0. The molecule has 174 valence electrons. The minimum absolute atomic E-state index is 0.0357. The molecule has 2 fully saturated rings. The van der Waals surface area contributed by atoms with Crippen LogP contribution < -0.4 is 9.80 Å². The molecule has 8 heteroatoms. The average Bonchev–Trinajstić information content (AvgIpc) is 2.84. The van der Waals surface area contributed by atoms with Crippen molar-refractivity contribution in [2.24, 2.45) is 0 Å². The number of rotatable bonds is 4. The molecular formula is C25H29FN4O2S. The first-order valence-electron chi connectivity index (χ1n) is 11.6. The van der Waals surface area contributed by atoms with Crippen molar-refractivity contribution in [3.05, 3.63) is 60.4 Å². The summed E-state index contributed by atoms with van der Waals surface area (Å²) in [4.78, 5) is 9.63. The zero-order valence-corrected chi connectivity index (χ0v) is 19.6. The van der Waals surface area contributed by atoms with Crippen LogP contribution in [0.5, 0.6) is 0 Å². The fraction of sp³-hybridized carbons (Fsp3) is 0.400. The van der Waals surface area contributed by atoms with E-state index in [9.17, 15) is 12.8 Å². The van der Waals surface area contributed by atoms with Gasteiger partial charge in [0, 0.05) is 49.8 Å². The molecule has 0 bridgehead atoms. The summed E-state index contributed by atoms with van der Waals surface area (Å²) in [5.74, 6) is 0.667. The molecule has 0 saturated carbocycles. The minimum atomic E-state index is -3.50. The van der Waals surface area contributed by atoms with Gasteiger partial charge in [-0.1, -0.05) is 6.42 Å². The van der Waals surface area contributed by atoms with Gasteiger partial charge in [-0.2, -0.15) is 4.31 Å². The van der Waals surface area contributed by atoms with E-state index in [0.29, 0.717) is 11.4 Å². The van der Waals surface area contributed by atoms with Gasteiger partial charge in [-0.3, -0.25) is 0 Å². The van der Waals surface area contributed by atoms with Gasteiger partial charge in [0.05, 0.1) is 10.4 Å². The fourth-order valence-electron chi connectivity index (χ4n) is 4.84. The molecular weight excluding hydrogens is 439 g/mol. The van der Waals surface area contributed by atoms with Crippen LogP contribution in [0.1, 0.15) is 26.2 Å². The summed E-state index contributed by atoms with van der Waals surface area (Å²) in [5, 5.41) is 0.828. The molecule has 0 amide bonds. The van der Waals surface area contributed by atoms with Crippen LogP contribution >= 0.6 is 0 Å². The molecule has 2 aliphatic rings. The van der Waals surface area contributed by atoms with E-state index >= 15 is 0 Å². The largest absolute Gasteiger partial charge is 0.368 e. The molecule has 0 aliphatic carbocycles. The van der Waals surface area contributed by atoms with Crippen LogP contribution in [-0.2, 0) is 10.0 Å². The van der Waals surface area contributed by atoms with E-state index in [1.165, 1.54) is 12.1 Å². The van der Waals surface area contributed by atoms with Gasteiger partial charge in [-0.15, -0.1) is 0 Å². The maximum absolute atomic E-state index is 13.2. The molecule has 6 nitrogen and oxygen atoms in total. The Balaban J connectivity index is 1.32. The molecule has 1 atom stereocenters. The summed E-state index contributed by atoms with van der Waals surface area (Å²) in [6, 6.07) is 15.8. The maximum Gasteiger partial charge on any atom is 0.243 e. The summed E-state index contributed by atoms with van der Waals surface area (Å²) < 4.78 is 41.2. The second kappa shape index (κ2) is 8.91. The normalized spacial score (nSPS) is 20.4. The van der Waals surface area contributed by atoms with Crippen molar-refractivity contribution in [3.8, 4) is 0 Å². The third kappa shape index (κ3) is 4.42. The first kappa shape index (κ1) is 22.1. The lowest BCUT2D eigenvalue weighted by Crippen LogP contribution is -2.46. The van der Waals surface area contributed by atoms with Gasteiger partial charge in [0.25, 0.3) is 0 Å². The molecule has 33 heavy (non-hydrogen) atoms. The van der Waals surface area contributed by atoms with E-state index in [1.54, 1.807) is 16.4 Å². The van der Waals surface area contributed by atoms with Crippen LogP contribution in [0.4, 0.5) is 15.9 Å². The van der Waals surface area contributed by atoms with Gasteiger partial charge in [0.1, 0.15) is 11.6 Å². The number of sulfonamides is 1. The molecule has 0 radical (unpaired) electrons. The maximum atomic E-state index is 13.2. The third-order valence-corrected chi connectivity index (χ3v) is 8.80. The zero-order valence-electron chi connectivity index (χ0n) is 18.8. The monoisotopic (exact) mass is 468 g/mol. The Bertz CT molecular complexity index is 1240. The van der Waals surface area contributed by atoms with Crippen molar-refractivity contribution in [3.63, 3.8) is 0 Å². The number of hydrogen-bond acceptors (Lipinski definition) is 5. The Morgan fingerprint density at radius 3 is 2.33 bits per heavy atom. The van der Waals surface area contributed by atoms with E-state index in [1.807, 2.05) is 37.3 Å². The van der Waals surface area contributed by atoms with Crippen molar-refractivity contribution in [1.29, 1.82) is 0 Å². The van der Waals surface area contributed by atoms with Crippen molar-refractivity contribution in [2.75, 3.05) is 42.5 Å². The lowest BCUT2D eigenvalue weighted by molar-refractivity contribution is 0.268. The number of pyridine rings is 1. The Morgan fingerprint density at radius 2 is 1.61 bits per heavy atom. The first-order chi connectivity index (χ1) is 15.9. The quantitative estimate of drug-likeness (QED) is 0.573. The summed E-state index contributed by atoms with van der Waals surface area (Å²) in [7, 11) is -3.50. The standard InChI is InChI=1S/C25H29FN4O2S/c1-19-4-2-3-13-30(19)33(31,32)23-10-11-24-20(18-23)5-12-25(27-24)29-16-14-28(15-17-29)22-8-6-21(26)7-9-22/h5-12,18-19H,2-4,13-17H2,1H3. The zero-order chi connectivity index (χ0) is 23.0. The second-order valence-electron chi connectivity index (χ2n) is 8.94. The molecule has 5 rings (SSSR count). The van der Waals surface area contributed by atoms with Gasteiger partial charge in [0.15, 0.2) is 0 Å². The highest BCUT2D eigenvalue weighted by atomic mass is 32.2. The first-order valence-corrected chi connectivity index (χ1v) is 13.0. The van der Waals surface area contributed by atoms with Crippen molar-refractivity contribution < 1.29 is 12.8 Å². The predicted octanol–water partition coefficient (Wildman–Crippen LogP) is 4.26. The van der Waals surface area contributed by atoms with Crippen LogP contribution in [-0.4, -0.2) is 56.5 Å². The number of nitrogens with zero attached hydrogens (tertiary/aromatic N) is 4. The summed E-state index contributed by atoms with van der Waals surface area (Å²) in [6.45, 7) is 5.86. The predicted molar refractivity (Wildman–Crippen MR) is 130 cm³/mol. The fourth-order valence-corrected chi connectivity index (χ4v) is 6.57. The molecule has 2 aliphatic heterocycles. The Morgan fingerprint density at radius 1 is 0.879 bits per heavy atom. The molecule has 2 aromatic carbocycles. The molecule has 0 spiro atoms. The smallest absolute Gasteiger partial charge is 0.243 e. The SMILES string of the molecule is CC1CCCCN1S(=O)(=O)c1ccc2nc(N3CCN(c4ccc(F)cc4)CC3)ccc2c1. The van der Waals surface area contributed by atoms with Crippen LogP contribution in [0, 0.1) is 5.82 Å². The topological polar surface area (TPSA) is 56.8 Å². The van der Waals surface area contributed by atoms with E-state index in [-0.39, 0.29) is 11.9 Å². The Labute approximate surface area is 194 Å². The van der Waals surface area contributed by atoms with Gasteiger partial charge < -0.3 is 9.80 Å². The molecule has 0 N–H and O–H groups in total. The van der Waals surface area contributed by atoms with Gasteiger partial charge in [-0.05, 0) is 74.4 Å². The van der Waals surface area contributed by atoms with Crippen LogP contribution in [0.2, 0.25) is 0 Å². The van der Waals surface area contributed by atoms with Crippen LogP contribution in [0.3, 0.4) is 0 Å². The van der Waals surface area contributed by atoms with Gasteiger partial charge in [-0.25, -0.2) is 17.8 Å². The number of anilines is 2. The highest BCUT2D eigenvalue weighted by Gasteiger charge is 2.31. The highest BCUT2D eigenvalue weighted by molar-refractivity contribution is 7.89. The Hall–Kier alpha value is -2.71. The lowest BCUT2D eigenvalue weighted by atomic mass is 10.1. The number of aromatic nitrogens is 1. The number of benzene rings is 2. The minimum Gasteiger partial charge on any atom is -0.368 e. The molecule has 2 saturated heterocycles. The van der Waals surface area contributed by atoms with E-state index < -0.39 is 10.0 Å². The summed E-state index contributed by atoms with van der Waals surface area (Å²) in [5.41, 5.74) is 1.82. The van der Waals surface area contributed by atoms with Crippen molar-refractivity contribution in [1.82, 2.24) is 9.29 Å². The van der Waals surface area contributed by atoms with Crippen LogP contribution in [0.25, 0.3) is 10.9 Å². The van der Waals surface area contributed by atoms with E-state index in [4.69, 9.17) is 4.98 Å².